The van der Waals surface area contributed by atoms with Crippen LogP contribution in [0.1, 0.15) is 20.3 Å². The van der Waals surface area contributed by atoms with Crippen molar-refractivity contribution >= 4 is 36.4 Å². The van der Waals surface area contributed by atoms with Crippen molar-refractivity contribution in [1.82, 2.24) is 24.1 Å². The van der Waals surface area contributed by atoms with Crippen molar-refractivity contribution < 1.29 is 13.2 Å². The van der Waals surface area contributed by atoms with Crippen molar-refractivity contribution in [3.05, 3.63) is 41.1 Å². The Morgan fingerprint density at radius 3 is 2.72 bits per heavy atom. The van der Waals surface area contributed by atoms with Crippen molar-refractivity contribution in [3.63, 3.8) is 0 Å². The lowest BCUT2D eigenvalue weighted by atomic mass is 10.1. The van der Waals surface area contributed by atoms with Crippen molar-refractivity contribution in [2.24, 2.45) is 0 Å². The number of halogens is 1. The monoisotopic (exact) mass is 435 g/mol. The third-order valence-corrected chi connectivity index (χ3v) is 5.92. The molecule has 11 heteroatoms. The fourth-order valence-electron chi connectivity index (χ4n) is 3.34. The Hall–Kier alpha value is -2.85. The molecule has 0 aliphatic carbocycles. The number of hydrogen-bond acceptors (Lipinski definition) is 6. The summed E-state index contributed by atoms with van der Waals surface area (Å²) in [5.74, 6) is 0.491. The first-order valence-corrected chi connectivity index (χ1v) is 11.3. The van der Waals surface area contributed by atoms with E-state index >= 15 is 0 Å². The highest BCUT2D eigenvalue weighted by Gasteiger charge is 2.19. The van der Waals surface area contributed by atoms with Gasteiger partial charge in [-0.3, -0.25) is 4.57 Å². The number of H-pyrrole nitrogens is 1. The van der Waals surface area contributed by atoms with Gasteiger partial charge in [0.25, 0.3) is 9.05 Å². The first-order chi connectivity index (χ1) is 13.8. The van der Waals surface area contributed by atoms with Gasteiger partial charge in [0.1, 0.15) is 17.6 Å². The molecule has 9 nitrogen and oxygen atoms in total. The van der Waals surface area contributed by atoms with Crippen molar-refractivity contribution in [1.29, 1.82) is 0 Å². The Morgan fingerprint density at radius 2 is 2.03 bits per heavy atom. The maximum Gasteiger partial charge on any atom is 0.335 e. The van der Waals surface area contributed by atoms with Crippen LogP contribution in [0.5, 0.6) is 5.75 Å². The minimum atomic E-state index is -3.92. The van der Waals surface area contributed by atoms with Gasteiger partial charge in [-0.25, -0.2) is 17.6 Å². The van der Waals surface area contributed by atoms with E-state index in [-0.39, 0.29) is 10.6 Å². The molecule has 0 saturated carbocycles. The fraction of sp³-hybridized carbons (Fsp3) is 0.278. The molecule has 3 heterocycles. The summed E-state index contributed by atoms with van der Waals surface area (Å²) < 4.78 is 32.3. The van der Waals surface area contributed by atoms with E-state index in [9.17, 15) is 13.2 Å². The molecule has 0 unspecified atom stereocenters. The highest BCUT2D eigenvalue weighted by Crippen LogP contribution is 2.35. The van der Waals surface area contributed by atoms with Crippen LogP contribution in [-0.2, 0) is 15.6 Å². The lowest BCUT2D eigenvalue weighted by Crippen LogP contribution is -2.26. The Balaban J connectivity index is 2.05. The number of aromatic nitrogens is 5. The van der Waals surface area contributed by atoms with Crippen LogP contribution in [-0.4, -0.2) is 39.2 Å². The molecule has 0 radical (unpaired) electrons. The van der Waals surface area contributed by atoms with Crippen LogP contribution in [0.15, 0.2) is 40.3 Å². The van der Waals surface area contributed by atoms with Gasteiger partial charge < -0.3 is 9.72 Å². The topological polar surface area (TPSA) is 111 Å². The third-order valence-electron chi connectivity index (χ3n) is 4.57. The van der Waals surface area contributed by atoms with Crippen molar-refractivity contribution in [2.45, 2.75) is 31.7 Å². The fourth-order valence-corrected chi connectivity index (χ4v) is 4.12. The van der Waals surface area contributed by atoms with E-state index < -0.39 is 9.05 Å². The SMILES string of the molecule is CCCn1c(=O)n2cnnc2c2[nH]c(-c3cc(S(=O)(=O)Cl)ccc3OCC)cc21. The first kappa shape index (κ1) is 19.5. The summed E-state index contributed by atoms with van der Waals surface area (Å²) >= 11 is 0. The van der Waals surface area contributed by atoms with Gasteiger partial charge in [0, 0.05) is 22.8 Å². The lowest BCUT2D eigenvalue weighted by molar-refractivity contribution is 0.341. The van der Waals surface area contributed by atoms with Gasteiger partial charge in [-0.05, 0) is 37.6 Å². The van der Waals surface area contributed by atoms with E-state index in [0.717, 1.165) is 6.42 Å². The third kappa shape index (κ3) is 3.28. The quantitative estimate of drug-likeness (QED) is 0.466. The molecule has 29 heavy (non-hydrogen) atoms. The zero-order valence-corrected chi connectivity index (χ0v) is 17.3. The first-order valence-electron chi connectivity index (χ1n) is 9.02. The van der Waals surface area contributed by atoms with Crippen LogP contribution < -0.4 is 10.4 Å². The number of aromatic amines is 1. The van der Waals surface area contributed by atoms with E-state index in [0.29, 0.717) is 46.8 Å². The number of nitrogens with one attached hydrogen (secondary N) is 1. The summed E-state index contributed by atoms with van der Waals surface area (Å²) in [7, 11) is 1.61. The molecule has 0 atom stereocenters. The Bertz CT molecular complexity index is 1390. The maximum absolute atomic E-state index is 12.8. The molecule has 0 fully saturated rings. The molecule has 0 aliphatic rings. The number of ether oxygens (including phenoxy) is 1. The molecule has 0 saturated heterocycles. The Labute approximate surface area is 170 Å². The van der Waals surface area contributed by atoms with Gasteiger partial charge in [-0.1, -0.05) is 6.92 Å². The standard InChI is InChI=1S/C18H18ClN5O4S/c1-3-7-23-14-9-13(21-16(14)17-22-20-10-24(17)18(23)25)12-8-11(29(19,26)27)5-6-15(12)28-4-2/h5-6,8-10,21H,3-4,7H2,1-2H3. The van der Waals surface area contributed by atoms with E-state index in [1.54, 1.807) is 16.7 Å². The van der Waals surface area contributed by atoms with Gasteiger partial charge in [0.2, 0.25) is 0 Å². The molecule has 0 spiro atoms. The van der Waals surface area contributed by atoms with Crippen LogP contribution in [0.2, 0.25) is 0 Å². The van der Waals surface area contributed by atoms with E-state index in [4.69, 9.17) is 15.4 Å². The smallest absolute Gasteiger partial charge is 0.335 e. The second-order valence-electron chi connectivity index (χ2n) is 6.43. The van der Waals surface area contributed by atoms with Crippen LogP contribution >= 0.6 is 10.7 Å². The molecule has 0 bridgehead atoms. The zero-order chi connectivity index (χ0) is 20.8. The molecule has 1 N–H and O–H groups in total. The van der Waals surface area contributed by atoms with Crippen LogP contribution in [0.25, 0.3) is 27.9 Å². The van der Waals surface area contributed by atoms with Crippen molar-refractivity contribution in [2.75, 3.05) is 6.61 Å². The minimum Gasteiger partial charge on any atom is -0.493 e. The summed E-state index contributed by atoms with van der Waals surface area (Å²) in [5.41, 5.74) is 2.50. The summed E-state index contributed by atoms with van der Waals surface area (Å²) in [5, 5.41) is 7.90. The average molecular weight is 436 g/mol. The van der Waals surface area contributed by atoms with Gasteiger partial charge in [-0.15, -0.1) is 10.2 Å². The normalized spacial score (nSPS) is 12.1. The summed E-state index contributed by atoms with van der Waals surface area (Å²) in [4.78, 5) is 16.0. The van der Waals surface area contributed by atoms with E-state index in [1.165, 1.54) is 22.9 Å². The number of fused-ring (bicyclic) bond motifs is 3. The van der Waals surface area contributed by atoms with E-state index in [2.05, 4.69) is 15.2 Å². The summed E-state index contributed by atoms with van der Waals surface area (Å²) in [6.45, 7) is 4.72. The molecule has 0 aliphatic heterocycles. The van der Waals surface area contributed by atoms with Gasteiger partial charge in [0.05, 0.1) is 22.7 Å². The van der Waals surface area contributed by atoms with Gasteiger partial charge in [-0.2, -0.15) is 0 Å². The molecule has 3 aromatic heterocycles. The summed E-state index contributed by atoms with van der Waals surface area (Å²) in [6.07, 6.45) is 2.13. The molecule has 4 rings (SSSR count). The average Bonchev–Trinajstić information content (AvgIpc) is 3.32. The number of aryl methyl sites for hydroxylation is 1. The molecular weight excluding hydrogens is 418 g/mol. The van der Waals surface area contributed by atoms with Crippen LogP contribution in [0.3, 0.4) is 0 Å². The Morgan fingerprint density at radius 1 is 1.24 bits per heavy atom. The number of rotatable bonds is 6. The number of nitrogens with zero attached hydrogens (tertiary/aromatic N) is 4. The predicted molar refractivity (Wildman–Crippen MR) is 109 cm³/mol. The minimum absolute atomic E-state index is 0.0464. The highest BCUT2D eigenvalue weighted by molar-refractivity contribution is 8.13. The maximum atomic E-state index is 12.8. The Kier molecular flexibility index (Phi) is 4.83. The lowest BCUT2D eigenvalue weighted by Gasteiger charge is -2.10. The molecule has 4 aromatic rings. The second-order valence-corrected chi connectivity index (χ2v) is 9.00. The molecular formula is C18H18ClN5O4S. The van der Waals surface area contributed by atoms with Crippen molar-refractivity contribution in [3.8, 4) is 17.0 Å². The molecule has 0 amide bonds. The predicted octanol–water partition coefficient (Wildman–Crippen LogP) is 2.78. The number of benzene rings is 1. The van der Waals surface area contributed by atoms with E-state index in [1.807, 2.05) is 13.8 Å². The second kappa shape index (κ2) is 7.20. The number of hydrogen-bond donors (Lipinski definition) is 1. The van der Waals surface area contributed by atoms with Gasteiger partial charge >= 0.3 is 5.69 Å². The van der Waals surface area contributed by atoms with Crippen LogP contribution in [0.4, 0.5) is 0 Å². The highest BCUT2D eigenvalue weighted by atomic mass is 35.7. The largest absolute Gasteiger partial charge is 0.493 e. The summed E-state index contributed by atoms with van der Waals surface area (Å²) in [6, 6.07) is 6.18. The molecule has 1 aromatic carbocycles. The van der Waals surface area contributed by atoms with Crippen LogP contribution in [0, 0.1) is 0 Å². The molecule has 152 valence electrons. The van der Waals surface area contributed by atoms with Gasteiger partial charge in [0.15, 0.2) is 5.65 Å². The zero-order valence-electron chi connectivity index (χ0n) is 15.7.